The van der Waals surface area contributed by atoms with Gasteiger partial charge in [0.25, 0.3) is 5.91 Å². The van der Waals surface area contributed by atoms with Gasteiger partial charge in [0, 0.05) is 13.6 Å². The lowest BCUT2D eigenvalue weighted by Crippen LogP contribution is -2.21. The Bertz CT molecular complexity index is 799. The molecule has 0 fully saturated rings. The lowest BCUT2D eigenvalue weighted by Gasteiger charge is -2.14. The number of nitrogens with zero attached hydrogens (tertiary/aromatic N) is 5. The maximum absolute atomic E-state index is 12.6. The normalized spacial score (nSPS) is 16.0. The maximum Gasteiger partial charge on any atom is 0.261 e. The van der Waals surface area contributed by atoms with Crippen LogP contribution in [0, 0.1) is 13.8 Å². The van der Waals surface area contributed by atoms with Gasteiger partial charge >= 0.3 is 0 Å². The summed E-state index contributed by atoms with van der Waals surface area (Å²) in [5.41, 5.74) is 3.09. The highest BCUT2D eigenvalue weighted by Gasteiger charge is 2.29. The number of aliphatic imine (C=N–C) groups is 1. The van der Waals surface area contributed by atoms with Gasteiger partial charge < -0.3 is 10.1 Å². The SMILES string of the molecule is CCn1nc(C)c2c1/C(OC)=N\c1c(c(C)nn1C)C(=O)N2. The van der Waals surface area contributed by atoms with Crippen LogP contribution >= 0.6 is 0 Å². The van der Waals surface area contributed by atoms with Gasteiger partial charge in [0.15, 0.2) is 5.82 Å². The lowest BCUT2D eigenvalue weighted by molar-refractivity contribution is 0.102. The van der Waals surface area contributed by atoms with Crippen LogP contribution in [0.3, 0.4) is 0 Å². The van der Waals surface area contributed by atoms with Gasteiger partial charge in [-0.2, -0.15) is 15.2 Å². The highest BCUT2D eigenvalue weighted by atomic mass is 16.5. The molecule has 116 valence electrons. The van der Waals surface area contributed by atoms with Gasteiger partial charge in [-0.05, 0) is 20.8 Å². The number of fused-ring (bicyclic) bond motifs is 2. The largest absolute Gasteiger partial charge is 0.479 e. The fourth-order valence-corrected chi connectivity index (χ4v) is 2.68. The van der Waals surface area contributed by atoms with E-state index in [1.54, 1.807) is 30.4 Å². The van der Waals surface area contributed by atoms with Gasteiger partial charge in [-0.15, -0.1) is 0 Å². The summed E-state index contributed by atoms with van der Waals surface area (Å²) < 4.78 is 8.80. The van der Waals surface area contributed by atoms with E-state index in [4.69, 9.17) is 4.74 Å². The third-order valence-electron chi connectivity index (χ3n) is 3.69. The fourth-order valence-electron chi connectivity index (χ4n) is 2.68. The molecule has 0 atom stereocenters. The van der Waals surface area contributed by atoms with Crippen molar-refractivity contribution < 1.29 is 9.53 Å². The van der Waals surface area contributed by atoms with Crippen LogP contribution < -0.4 is 5.32 Å². The zero-order valence-corrected chi connectivity index (χ0v) is 13.3. The number of carbonyl (C=O) groups is 1. The van der Waals surface area contributed by atoms with Crippen LogP contribution in [-0.4, -0.2) is 38.5 Å². The van der Waals surface area contributed by atoms with Crippen molar-refractivity contribution in [2.75, 3.05) is 12.4 Å². The number of ether oxygens (including phenoxy) is 1. The summed E-state index contributed by atoms with van der Waals surface area (Å²) in [4.78, 5) is 17.1. The summed E-state index contributed by atoms with van der Waals surface area (Å²) in [7, 11) is 3.30. The molecule has 1 aliphatic rings. The van der Waals surface area contributed by atoms with E-state index < -0.39 is 0 Å². The van der Waals surface area contributed by atoms with Crippen LogP contribution in [0.1, 0.15) is 34.4 Å². The summed E-state index contributed by atoms with van der Waals surface area (Å²) in [6.45, 7) is 6.24. The minimum absolute atomic E-state index is 0.237. The quantitative estimate of drug-likeness (QED) is 0.865. The first-order valence-electron chi connectivity index (χ1n) is 7.03. The van der Waals surface area contributed by atoms with Gasteiger partial charge in [-0.1, -0.05) is 0 Å². The highest BCUT2D eigenvalue weighted by Crippen LogP contribution is 2.30. The van der Waals surface area contributed by atoms with Crippen molar-refractivity contribution in [3.05, 3.63) is 22.6 Å². The van der Waals surface area contributed by atoms with Crippen molar-refractivity contribution in [2.24, 2.45) is 12.0 Å². The molecule has 3 rings (SSSR count). The molecule has 2 aromatic heterocycles. The molecule has 1 N–H and O–H groups in total. The van der Waals surface area contributed by atoms with E-state index >= 15 is 0 Å². The monoisotopic (exact) mass is 302 g/mol. The van der Waals surface area contributed by atoms with E-state index in [9.17, 15) is 4.79 Å². The average Bonchev–Trinajstić information content (AvgIpc) is 2.91. The Morgan fingerprint density at radius 3 is 2.59 bits per heavy atom. The van der Waals surface area contributed by atoms with E-state index in [1.165, 1.54) is 0 Å². The van der Waals surface area contributed by atoms with Crippen molar-refractivity contribution >= 4 is 23.3 Å². The minimum atomic E-state index is -0.237. The molecule has 8 heteroatoms. The molecule has 0 saturated carbocycles. The lowest BCUT2D eigenvalue weighted by atomic mass is 10.2. The van der Waals surface area contributed by atoms with Crippen LogP contribution in [0.25, 0.3) is 0 Å². The zero-order valence-electron chi connectivity index (χ0n) is 13.3. The Morgan fingerprint density at radius 2 is 1.95 bits per heavy atom. The first-order valence-corrected chi connectivity index (χ1v) is 7.03. The number of methoxy groups -OCH3 is 1. The molecule has 1 aliphatic heterocycles. The number of nitrogens with one attached hydrogen (secondary N) is 1. The number of aromatic nitrogens is 4. The van der Waals surface area contributed by atoms with Crippen LogP contribution in [0.5, 0.6) is 0 Å². The van der Waals surface area contributed by atoms with Gasteiger partial charge in [0.1, 0.15) is 11.3 Å². The fraction of sp³-hybridized carbons (Fsp3) is 0.429. The number of amides is 1. The Balaban J connectivity index is 2.34. The molecule has 3 heterocycles. The summed E-state index contributed by atoms with van der Waals surface area (Å²) in [6.07, 6.45) is 0. The number of rotatable bonds is 1. The molecule has 8 nitrogen and oxygen atoms in total. The summed E-state index contributed by atoms with van der Waals surface area (Å²) in [5, 5.41) is 11.6. The molecule has 0 saturated heterocycles. The molecule has 2 aromatic rings. The Kier molecular flexibility index (Phi) is 3.23. The first-order chi connectivity index (χ1) is 10.5. The van der Waals surface area contributed by atoms with Crippen LogP contribution in [0.4, 0.5) is 11.5 Å². The van der Waals surface area contributed by atoms with Crippen LogP contribution in [-0.2, 0) is 18.3 Å². The zero-order chi connectivity index (χ0) is 16.0. The van der Waals surface area contributed by atoms with Crippen LogP contribution in [0.2, 0.25) is 0 Å². The van der Waals surface area contributed by atoms with Crippen molar-refractivity contribution in [3.63, 3.8) is 0 Å². The van der Waals surface area contributed by atoms with Crippen LogP contribution in [0.15, 0.2) is 4.99 Å². The van der Waals surface area contributed by atoms with Gasteiger partial charge in [0.05, 0.1) is 24.2 Å². The molecule has 0 aliphatic carbocycles. The standard InChI is InChI=1S/C14H18N6O2/c1-6-20-11-10(8(3)18-20)15-13(21)9-7(2)17-19(4)12(9)16-14(11)22-5/h6H2,1-5H3,(H,15,21). The molecule has 1 amide bonds. The van der Waals surface area contributed by atoms with E-state index in [0.29, 0.717) is 40.9 Å². The molecule has 0 bridgehead atoms. The van der Waals surface area contributed by atoms with E-state index in [0.717, 1.165) is 5.69 Å². The highest BCUT2D eigenvalue weighted by molar-refractivity contribution is 6.14. The van der Waals surface area contributed by atoms with Gasteiger partial charge in [-0.25, -0.2) is 4.68 Å². The molecular formula is C14H18N6O2. The average molecular weight is 302 g/mol. The topological polar surface area (TPSA) is 86.3 Å². The Morgan fingerprint density at radius 1 is 1.23 bits per heavy atom. The Hall–Kier alpha value is -2.64. The number of hydrogen-bond acceptors (Lipinski definition) is 5. The van der Waals surface area contributed by atoms with Crippen molar-refractivity contribution in [3.8, 4) is 0 Å². The second-order valence-electron chi connectivity index (χ2n) is 5.11. The first kappa shape index (κ1) is 14.3. The number of anilines is 1. The Labute approximate surface area is 127 Å². The van der Waals surface area contributed by atoms with Crippen molar-refractivity contribution in [1.82, 2.24) is 19.6 Å². The summed E-state index contributed by atoms with van der Waals surface area (Å²) in [5.74, 6) is 0.639. The minimum Gasteiger partial charge on any atom is -0.479 e. The van der Waals surface area contributed by atoms with Gasteiger partial charge in [0.2, 0.25) is 5.90 Å². The van der Waals surface area contributed by atoms with Gasteiger partial charge in [-0.3, -0.25) is 9.48 Å². The van der Waals surface area contributed by atoms with Crippen molar-refractivity contribution in [2.45, 2.75) is 27.3 Å². The second-order valence-corrected chi connectivity index (χ2v) is 5.11. The second kappa shape index (κ2) is 4.97. The smallest absolute Gasteiger partial charge is 0.261 e. The third-order valence-corrected chi connectivity index (χ3v) is 3.69. The molecule has 0 radical (unpaired) electrons. The third kappa shape index (κ3) is 1.91. The van der Waals surface area contributed by atoms with Crippen molar-refractivity contribution in [1.29, 1.82) is 0 Å². The number of hydrogen-bond donors (Lipinski definition) is 1. The summed E-state index contributed by atoms with van der Waals surface area (Å²) in [6, 6.07) is 0. The predicted octanol–water partition coefficient (Wildman–Crippen LogP) is 1.54. The maximum atomic E-state index is 12.6. The molecular weight excluding hydrogens is 284 g/mol. The predicted molar refractivity (Wildman–Crippen MR) is 81.7 cm³/mol. The molecule has 22 heavy (non-hydrogen) atoms. The number of carbonyl (C=O) groups excluding carboxylic acids is 1. The summed E-state index contributed by atoms with van der Waals surface area (Å²) >= 11 is 0. The van der Waals surface area contributed by atoms with E-state index in [2.05, 4.69) is 20.5 Å². The van der Waals surface area contributed by atoms with E-state index in [-0.39, 0.29) is 5.91 Å². The molecule has 0 unspecified atom stereocenters. The molecule has 0 spiro atoms. The number of aryl methyl sites for hydroxylation is 4. The van der Waals surface area contributed by atoms with E-state index in [1.807, 2.05) is 13.8 Å². The molecule has 0 aromatic carbocycles.